The molecule has 15 heteroatoms. The fourth-order valence-corrected chi connectivity index (χ4v) is 10.8. The first-order valence-corrected chi connectivity index (χ1v) is 24.7. The van der Waals surface area contributed by atoms with E-state index in [1.165, 1.54) is 0 Å². The number of nitrogens with zero attached hydrogens (tertiary/aromatic N) is 3. The lowest BCUT2D eigenvalue weighted by Gasteiger charge is -2.33. The smallest absolute Gasteiger partial charge is 0.307 e. The van der Waals surface area contributed by atoms with E-state index in [0.717, 1.165) is 11.8 Å². The van der Waals surface area contributed by atoms with Crippen molar-refractivity contribution in [3.63, 3.8) is 0 Å². The molecule has 0 bridgehead atoms. The van der Waals surface area contributed by atoms with Gasteiger partial charge in [0, 0.05) is 18.2 Å². The van der Waals surface area contributed by atoms with Crippen LogP contribution in [0.15, 0.2) is 54.7 Å². The van der Waals surface area contributed by atoms with E-state index in [9.17, 15) is 22.8 Å². The van der Waals surface area contributed by atoms with Gasteiger partial charge >= 0.3 is 5.97 Å². The van der Waals surface area contributed by atoms with Gasteiger partial charge < -0.3 is 23.8 Å². The van der Waals surface area contributed by atoms with Gasteiger partial charge in [-0.1, -0.05) is 32.4 Å². The Labute approximate surface area is 383 Å². The molecule has 7 rings (SSSR count). The maximum absolute atomic E-state index is 15.3. The number of methoxy groups -OCH3 is 1. The van der Waals surface area contributed by atoms with E-state index in [1.807, 2.05) is 63.3 Å². The largest absolute Gasteiger partial charge is 0.497 e. The number of esters is 1. The lowest BCUT2D eigenvalue weighted by Crippen LogP contribution is -2.48. The number of nitrogens with one attached hydrogen (secondary N) is 1. The van der Waals surface area contributed by atoms with Crippen LogP contribution in [0.2, 0.25) is 0 Å². The Kier molecular flexibility index (Phi) is 13.8. The molecule has 352 valence electrons. The van der Waals surface area contributed by atoms with Crippen LogP contribution in [0.25, 0.3) is 22.2 Å². The molecule has 2 saturated carbocycles. The highest BCUT2D eigenvalue weighted by atomic mass is 32.2. The van der Waals surface area contributed by atoms with Crippen LogP contribution in [-0.2, 0) is 33.9 Å². The molecule has 2 aliphatic carbocycles. The van der Waals surface area contributed by atoms with E-state index in [-0.39, 0.29) is 67.2 Å². The van der Waals surface area contributed by atoms with Gasteiger partial charge in [-0.15, -0.1) is 0 Å². The van der Waals surface area contributed by atoms with Crippen molar-refractivity contribution in [1.29, 1.82) is 0 Å². The summed E-state index contributed by atoms with van der Waals surface area (Å²) in [7, 11) is -2.40. The number of aromatic nitrogens is 2. The highest BCUT2D eigenvalue weighted by Gasteiger charge is 2.63. The van der Waals surface area contributed by atoms with Gasteiger partial charge in [-0.05, 0) is 140 Å². The third-order valence-corrected chi connectivity index (χ3v) is 15.8. The summed E-state index contributed by atoms with van der Waals surface area (Å²) in [5.41, 5.74) is -0.995. The van der Waals surface area contributed by atoms with Gasteiger partial charge in [0.2, 0.25) is 27.7 Å². The highest BCUT2D eigenvalue weighted by molar-refractivity contribution is 7.91. The van der Waals surface area contributed by atoms with Crippen LogP contribution in [0.3, 0.4) is 0 Å². The Bertz CT molecular complexity index is 2430. The molecule has 0 spiro atoms. The summed E-state index contributed by atoms with van der Waals surface area (Å²) in [5.74, 6) is -1.58. The SMILES string of the molecule is CC[C@@H]1C[C@@H](C)CC/C=C\[C@@H]2C[C@@]2(C(=O)NS(=O)(=O)C2(C)CC2)CC(=O)[C@@H]2C[C@@H](Oc3nc(-c4ccc(OC(C)C)cn4)cc4cc(OC)ccc34)CN2C(=O)[C@H]1CC(=O)OC(C)(C)C. The van der Waals surface area contributed by atoms with Crippen molar-refractivity contribution in [1.82, 2.24) is 19.6 Å². The van der Waals surface area contributed by atoms with Crippen LogP contribution in [0, 0.1) is 29.1 Å². The topological polar surface area (TPSA) is 180 Å². The molecule has 2 aromatic heterocycles. The molecule has 0 radical (unpaired) electrons. The minimum atomic E-state index is -3.99. The molecule has 3 fully saturated rings. The number of ketones is 1. The van der Waals surface area contributed by atoms with E-state index >= 15 is 4.79 Å². The first-order chi connectivity index (χ1) is 30.6. The number of hydrogen-bond donors (Lipinski definition) is 1. The van der Waals surface area contributed by atoms with E-state index in [1.54, 1.807) is 52.0 Å². The number of amides is 2. The second kappa shape index (κ2) is 18.7. The highest BCUT2D eigenvalue weighted by Crippen LogP contribution is 2.58. The molecule has 4 heterocycles. The molecule has 1 saturated heterocycles. The van der Waals surface area contributed by atoms with Gasteiger partial charge in [0.1, 0.15) is 23.2 Å². The summed E-state index contributed by atoms with van der Waals surface area (Å²) in [6, 6.07) is 10.0. The lowest BCUT2D eigenvalue weighted by molar-refractivity contribution is -0.160. The van der Waals surface area contributed by atoms with Crippen molar-refractivity contribution in [3.05, 3.63) is 54.7 Å². The summed E-state index contributed by atoms with van der Waals surface area (Å²) in [6.07, 6.45) is 8.49. The van der Waals surface area contributed by atoms with Crippen LogP contribution in [0.4, 0.5) is 0 Å². The molecule has 2 amide bonds. The number of carbonyl (C=O) groups is 4. The number of pyridine rings is 2. The van der Waals surface area contributed by atoms with Gasteiger partial charge in [0.05, 0.1) is 65.9 Å². The fourth-order valence-electron chi connectivity index (χ4n) is 9.49. The van der Waals surface area contributed by atoms with Crippen molar-refractivity contribution in [3.8, 4) is 28.8 Å². The zero-order chi connectivity index (χ0) is 47.1. The number of sulfonamides is 1. The Morgan fingerprint density at radius 3 is 2.42 bits per heavy atom. The summed E-state index contributed by atoms with van der Waals surface area (Å²) in [4.78, 5) is 69.3. The number of Topliss-reactive ketones (excluding diaryl/α,β-unsaturated/α-hetero) is 1. The van der Waals surface area contributed by atoms with E-state index in [2.05, 4.69) is 16.6 Å². The number of ether oxygens (including phenoxy) is 4. The average molecular weight is 915 g/mol. The standard InChI is InChI=1S/C50H66N4O10S/c1-10-32-21-31(4)13-11-12-14-34-26-50(34,47(58)53-65(59,60)49(8)19-20-49)27-43(55)42-24-37(29-54(42)46(57)39(32)25-44(56)64-48(5,6)7)63-45-38-17-15-35(61-9)22-33(38)23-41(52-45)40-18-16-36(28-51-40)62-30(2)3/h12,14-18,22-23,28,30-32,34,37,39,42H,10-11,13,19-21,24-27,29H2,1-9H3,(H,53,58)/b14-12-/t31-,32+,34+,37+,39-,42-,50+/m0/s1. The minimum absolute atomic E-state index is 0.00432. The minimum Gasteiger partial charge on any atom is -0.497 e. The van der Waals surface area contributed by atoms with Crippen LogP contribution in [-0.4, -0.2) is 89.1 Å². The van der Waals surface area contributed by atoms with Gasteiger partial charge in [0.25, 0.3) is 0 Å². The number of benzene rings is 1. The van der Waals surface area contributed by atoms with Gasteiger partial charge in [0.15, 0.2) is 5.78 Å². The van der Waals surface area contributed by atoms with E-state index in [0.29, 0.717) is 66.8 Å². The summed E-state index contributed by atoms with van der Waals surface area (Å²) >= 11 is 0. The van der Waals surface area contributed by atoms with Crippen molar-refractivity contribution in [2.24, 2.45) is 29.1 Å². The van der Waals surface area contributed by atoms with Crippen molar-refractivity contribution < 1.29 is 46.5 Å². The number of fused-ring (bicyclic) bond motifs is 3. The number of rotatable bonds is 12. The van der Waals surface area contributed by atoms with E-state index < -0.39 is 55.7 Å². The molecule has 3 aromatic rings. The molecule has 65 heavy (non-hydrogen) atoms. The zero-order valence-corrected chi connectivity index (χ0v) is 40.2. The Balaban J connectivity index is 1.27. The second-order valence-electron chi connectivity index (χ2n) is 20.3. The van der Waals surface area contributed by atoms with Gasteiger partial charge in [-0.25, -0.2) is 13.4 Å². The third-order valence-electron chi connectivity index (χ3n) is 13.6. The number of hydrogen-bond acceptors (Lipinski definition) is 12. The molecule has 2 aliphatic heterocycles. The molecular weight excluding hydrogens is 849 g/mol. The predicted octanol–water partition coefficient (Wildman–Crippen LogP) is 8.16. The predicted molar refractivity (Wildman–Crippen MR) is 247 cm³/mol. The zero-order valence-electron chi connectivity index (χ0n) is 39.3. The summed E-state index contributed by atoms with van der Waals surface area (Å²) in [6.45, 7) is 15.0. The van der Waals surface area contributed by atoms with Crippen molar-refractivity contribution in [2.75, 3.05) is 13.7 Å². The molecule has 14 nitrogen and oxygen atoms in total. The van der Waals surface area contributed by atoms with Crippen LogP contribution >= 0.6 is 0 Å². The Morgan fingerprint density at radius 1 is 1.03 bits per heavy atom. The Morgan fingerprint density at radius 2 is 1.77 bits per heavy atom. The van der Waals surface area contributed by atoms with Crippen LogP contribution < -0.4 is 18.9 Å². The number of allylic oxidation sites excluding steroid dienone is 2. The molecular formula is C50H66N4O10S. The van der Waals surface area contributed by atoms with Crippen LogP contribution in [0.5, 0.6) is 17.4 Å². The van der Waals surface area contributed by atoms with E-state index in [4.69, 9.17) is 23.9 Å². The van der Waals surface area contributed by atoms with Gasteiger partial charge in [-0.3, -0.25) is 28.9 Å². The first-order valence-electron chi connectivity index (χ1n) is 23.2. The van der Waals surface area contributed by atoms with Crippen molar-refractivity contribution >= 4 is 44.4 Å². The average Bonchev–Trinajstić information content (AvgIpc) is 4.12. The third kappa shape index (κ3) is 10.8. The quantitative estimate of drug-likeness (QED) is 0.136. The summed E-state index contributed by atoms with van der Waals surface area (Å²) < 4.78 is 52.1. The molecule has 1 N–H and O–H groups in total. The lowest BCUT2D eigenvalue weighted by atomic mass is 9.79. The normalized spacial score (nSPS) is 27.4. The molecule has 7 atom stereocenters. The maximum Gasteiger partial charge on any atom is 0.307 e. The Hall–Kier alpha value is -5.05. The second-order valence-corrected chi connectivity index (χ2v) is 22.5. The monoisotopic (exact) mass is 914 g/mol. The fraction of sp³-hybridized carbons (Fsp3) is 0.600. The van der Waals surface area contributed by atoms with Crippen molar-refractivity contribution in [2.45, 2.75) is 148 Å². The summed E-state index contributed by atoms with van der Waals surface area (Å²) in [5, 5.41) is 1.44. The first kappa shape index (κ1) is 47.9. The maximum atomic E-state index is 15.3. The molecule has 4 aliphatic rings. The molecule has 0 unspecified atom stereocenters. The number of carbonyl (C=O) groups excluding carboxylic acids is 4. The molecule has 1 aromatic carbocycles. The van der Waals surface area contributed by atoms with Crippen LogP contribution in [0.1, 0.15) is 120 Å². The van der Waals surface area contributed by atoms with Gasteiger partial charge in [-0.2, -0.15) is 0 Å².